The molecule has 8 nitrogen and oxygen atoms in total. The molecule has 2 saturated heterocycles. The number of nitro groups is 1. The van der Waals surface area contributed by atoms with Crippen LogP contribution >= 0.6 is 0 Å². The maximum absolute atomic E-state index is 12.9. The lowest BCUT2D eigenvalue weighted by Gasteiger charge is -2.32. The zero-order valence-corrected chi connectivity index (χ0v) is 15.7. The highest BCUT2D eigenvalue weighted by atomic mass is 32.2. The van der Waals surface area contributed by atoms with Crippen molar-refractivity contribution in [2.75, 3.05) is 31.1 Å². The highest BCUT2D eigenvalue weighted by Gasteiger charge is 2.32. The lowest BCUT2D eigenvalue weighted by atomic mass is 10.0. The zero-order chi connectivity index (χ0) is 18.9. The van der Waals surface area contributed by atoms with E-state index in [4.69, 9.17) is 0 Å². The number of β-amino-alcohol motifs (C(OH)–C–C–N with tert-alkyl or cyclic N) is 1. The van der Waals surface area contributed by atoms with Crippen LogP contribution in [0, 0.1) is 16.0 Å². The van der Waals surface area contributed by atoms with Gasteiger partial charge in [0.05, 0.1) is 15.9 Å². The van der Waals surface area contributed by atoms with E-state index >= 15 is 0 Å². The SMILES string of the molecule is C[C@H]1CCCN(S(=O)(=O)c2ccc(N3CCC[C@H](O)C3)c([N+](=O)[O-])c2)C1. The van der Waals surface area contributed by atoms with Crippen molar-refractivity contribution < 1.29 is 18.4 Å². The molecule has 0 amide bonds. The summed E-state index contributed by atoms with van der Waals surface area (Å²) in [7, 11) is -3.75. The summed E-state index contributed by atoms with van der Waals surface area (Å²) >= 11 is 0. The predicted molar refractivity (Wildman–Crippen MR) is 97.7 cm³/mol. The van der Waals surface area contributed by atoms with Gasteiger partial charge in [-0.15, -0.1) is 0 Å². The zero-order valence-electron chi connectivity index (χ0n) is 14.9. The Morgan fingerprint density at radius 2 is 1.92 bits per heavy atom. The first-order valence-corrected chi connectivity index (χ1v) is 10.4. The summed E-state index contributed by atoms with van der Waals surface area (Å²) in [5, 5.41) is 21.4. The van der Waals surface area contributed by atoms with Gasteiger partial charge in [-0.05, 0) is 43.7 Å². The first-order chi connectivity index (χ1) is 12.3. The van der Waals surface area contributed by atoms with E-state index in [1.165, 1.54) is 16.4 Å². The minimum Gasteiger partial charge on any atom is -0.391 e. The quantitative estimate of drug-likeness (QED) is 0.630. The summed E-state index contributed by atoms with van der Waals surface area (Å²) < 4.78 is 27.2. The first-order valence-electron chi connectivity index (χ1n) is 9.00. The van der Waals surface area contributed by atoms with Crippen molar-refractivity contribution >= 4 is 21.4 Å². The summed E-state index contributed by atoms with van der Waals surface area (Å²) in [5.41, 5.74) is 0.130. The van der Waals surface area contributed by atoms with Crippen LogP contribution in [0.25, 0.3) is 0 Å². The Hall–Kier alpha value is -1.71. The lowest BCUT2D eigenvalue weighted by molar-refractivity contribution is -0.384. The van der Waals surface area contributed by atoms with E-state index in [2.05, 4.69) is 0 Å². The molecule has 2 aliphatic heterocycles. The minimum atomic E-state index is -3.75. The largest absolute Gasteiger partial charge is 0.391 e. The second kappa shape index (κ2) is 7.50. The number of hydrogen-bond donors (Lipinski definition) is 1. The van der Waals surface area contributed by atoms with Gasteiger partial charge in [0.2, 0.25) is 10.0 Å². The summed E-state index contributed by atoms with van der Waals surface area (Å²) in [6, 6.07) is 4.10. The molecule has 2 atom stereocenters. The van der Waals surface area contributed by atoms with Crippen molar-refractivity contribution in [2.24, 2.45) is 5.92 Å². The molecule has 144 valence electrons. The molecule has 1 aromatic carbocycles. The summed E-state index contributed by atoms with van der Waals surface area (Å²) in [4.78, 5) is 12.7. The number of rotatable bonds is 4. The molecule has 2 heterocycles. The van der Waals surface area contributed by atoms with Crippen LogP contribution in [0.3, 0.4) is 0 Å². The van der Waals surface area contributed by atoms with E-state index in [1.54, 1.807) is 4.90 Å². The number of anilines is 1. The fourth-order valence-corrected chi connectivity index (χ4v) is 5.38. The molecule has 0 aliphatic carbocycles. The molecule has 1 aromatic rings. The average molecular weight is 383 g/mol. The number of nitro benzene ring substituents is 1. The van der Waals surface area contributed by atoms with Crippen LogP contribution in [0.2, 0.25) is 0 Å². The van der Waals surface area contributed by atoms with E-state index in [0.717, 1.165) is 25.3 Å². The van der Waals surface area contributed by atoms with E-state index < -0.39 is 21.1 Å². The van der Waals surface area contributed by atoms with Crippen molar-refractivity contribution in [2.45, 2.75) is 43.6 Å². The van der Waals surface area contributed by atoms with Gasteiger partial charge < -0.3 is 10.0 Å². The molecular weight excluding hydrogens is 358 g/mol. The monoisotopic (exact) mass is 383 g/mol. The molecule has 9 heteroatoms. The minimum absolute atomic E-state index is 0.0420. The van der Waals surface area contributed by atoms with Gasteiger partial charge in [-0.2, -0.15) is 4.31 Å². The van der Waals surface area contributed by atoms with E-state index in [-0.39, 0.29) is 16.5 Å². The summed E-state index contributed by atoms with van der Waals surface area (Å²) in [5.74, 6) is 0.280. The molecule has 0 saturated carbocycles. The van der Waals surface area contributed by atoms with Crippen LogP contribution < -0.4 is 4.90 Å². The van der Waals surface area contributed by atoms with Crippen molar-refractivity contribution in [1.29, 1.82) is 0 Å². The van der Waals surface area contributed by atoms with Crippen LogP contribution in [0.5, 0.6) is 0 Å². The fourth-order valence-electron chi connectivity index (χ4n) is 3.76. The molecular formula is C17H25N3O5S. The normalized spacial score (nSPS) is 25.2. The molecule has 2 aliphatic rings. The Labute approximate surface area is 153 Å². The maximum Gasteiger partial charge on any atom is 0.293 e. The third-order valence-electron chi connectivity index (χ3n) is 5.14. The number of nitrogens with zero attached hydrogens (tertiary/aromatic N) is 3. The van der Waals surface area contributed by atoms with Crippen molar-refractivity contribution in [3.05, 3.63) is 28.3 Å². The Morgan fingerprint density at radius 3 is 2.58 bits per heavy atom. The van der Waals surface area contributed by atoms with Crippen LogP contribution in [0.15, 0.2) is 23.1 Å². The second-order valence-electron chi connectivity index (χ2n) is 7.26. The molecule has 0 unspecified atom stereocenters. The topological polar surface area (TPSA) is 104 Å². The van der Waals surface area contributed by atoms with Gasteiger partial charge in [-0.1, -0.05) is 6.92 Å². The Morgan fingerprint density at radius 1 is 1.19 bits per heavy atom. The molecule has 0 aromatic heterocycles. The van der Waals surface area contributed by atoms with Crippen molar-refractivity contribution in [3.8, 4) is 0 Å². The molecule has 2 fully saturated rings. The van der Waals surface area contributed by atoms with E-state index in [9.17, 15) is 23.6 Å². The van der Waals surface area contributed by atoms with Gasteiger partial charge in [-0.25, -0.2) is 8.42 Å². The number of aliphatic hydroxyl groups is 1. The van der Waals surface area contributed by atoms with Gasteiger partial charge in [0.15, 0.2) is 0 Å². The number of hydrogen-bond acceptors (Lipinski definition) is 6. The van der Waals surface area contributed by atoms with Crippen molar-refractivity contribution in [3.63, 3.8) is 0 Å². The predicted octanol–water partition coefficient (Wildman–Crippen LogP) is 1.98. The van der Waals surface area contributed by atoms with Crippen LogP contribution in [0.1, 0.15) is 32.6 Å². The third kappa shape index (κ3) is 3.84. The van der Waals surface area contributed by atoms with E-state index in [0.29, 0.717) is 38.3 Å². The van der Waals surface area contributed by atoms with E-state index in [1.807, 2.05) is 6.92 Å². The van der Waals surface area contributed by atoms with Crippen molar-refractivity contribution in [1.82, 2.24) is 4.31 Å². The number of aliphatic hydroxyl groups excluding tert-OH is 1. The molecule has 0 bridgehead atoms. The molecule has 26 heavy (non-hydrogen) atoms. The average Bonchev–Trinajstić information content (AvgIpc) is 2.61. The maximum atomic E-state index is 12.9. The molecule has 0 spiro atoms. The Kier molecular flexibility index (Phi) is 5.50. The third-order valence-corrected chi connectivity index (χ3v) is 7.00. The summed E-state index contributed by atoms with van der Waals surface area (Å²) in [6.45, 7) is 3.82. The van der Waals surface area contributed by atoms with Crippen LogP contribution in [0.4, 0.5) is 11.4 Å². The van der Waals surface area contributed by atoms with Gasteiger partial charge in [-0.3, -0.25) is 10.1 Å². The highest BCUT2D eigenvalue weighted by molar-refractivity contribution is 7.89. The molecule has 1 N–H and O–H groups in total. The number of sulfonamides is 1. The molecule has 0 radical (unpaired) electrons. The first kappa shape index (κ1) is 19.1. The van der Waals surface area contributed by atoms with Gasteiger partial charge in [0.25, 0.3) is 5.69 Å². The highest BCUT2D eigenvalue weighted by Crippen LogP contribution is 2.34. The van der Waals surface area contributed by atoms with Crippen LogP contribution in [-0.2, 0) is 10.0 Å². The number of benzene rings is 1. The van der Waals surface area contributed by atoms with Gasteiger partial charge in [0.1, 0.15) is 5.69 Å². The second-order valence-corrected chi connectivity index (χ2v) is 9.20. The van der Waals surface area contributed by atoms with Gasteiger partial charge >= 0.3 is 0 Å². The smallest absolute Gasteiger partial charge is 0.293 e. The van der Waals surface area contributed by atoms with Crippen LogP contribution in [-0.4, -0.2) is 55.0 Å². The number of piperidine rings is 2. The lowest BCUT2D eigenvalue weighted by Crippen LogP contribution is -2.39. The fraction of sp³-hybridized carbons (Fsp3) is 0.647. The Balaban J connectivity index is 1.94. The summed E-state index contributed by atoms with van der Waals surface area (Å²) in [6.07, 6.45) is 2.67. The standard InChI is InChI=1S/C17H25N3O5S/c1-13-4-2-9-19(11-13)26(24,25)15-6-7-16(17(10-15)20(22)23)18-8-3-5-14(21)12-18/h6-7,10,13-14,21H,2-5,8-9,11-12H2,1H3/t13-,14-/m0/s1. The van der Waals surface area contributed by atoms with Gasteiger partial charge in [0, 0.05) is 32.2 Å². The Bertz CT molecular complexity index is 783. The molecule has 3 rings (SSSR count).